The Morgan fingerprint density at radius 2 is 2.00 bits per heavy atom. The lowest BCUT2D eigenvalue weighted by Gasteiger charge is -2.08. The van der Waals surface area contributed by atoms with E-state index in [0.717, 1.165) is 12.1 Å². The van der Waals surface area contributed by atoms with Crippen molar-refractivity contribution < 1.29 is 23.5 Å². The minimum Gasteiger partial charge on any atom is -0.497 e. The van der Waals surface area contributed by atoms with Crippen molar-refractivity contribution in [3.05, 3.63) is 58.9 Å². The lowest BCUT2D eigenvalue weighted by Crippen LogP contribution is -2.21. The first-order valence-electron chi connectivity index (χ1n) is 6.55. The third-order valence-electron chi connectivity index (χ3n) is 2.85. The quantitative estimate of drug-likeness (QED) is 0.850. The molecule has 5 nitrogen and oxygen atoms in total. The van der Waals surface area contributed by atoms with E-state index in [0.29, 0.717) is 5.75 Å². The average molecular weight is 338 g/mol. The van der Waals surface area contributed by atoms with Crippen molar-refractivity contribution in [2.24, 2.45) is 0 Å². The number of anilines is 1. The van der Waals surface area contributed by atoms with Crippen LogP contribution in [0.1, 0.15) is 10.4 Å². The van der Waals surface area contributed by atoms with E-state index in [1.807, 2.05) is 0 Å². The first-order chi connectivity index (χ1) is 11.0. The molecule has 0 saturated heterocycles. The van der Waals surface area contributed by atoms with E-state index in [-0.39, 0.29) is 16.3 Å². The molecular formula is C16H13ClFNO4. The summed E-state index contributed by atoms with van der Waals surface area (Å²) in [6, 6.07) is 9.90. The number of esters is 1. The van der Waals surface area contributed by atoms with Crippen LogP contribution in [0.3, 0.4) is 0 Å². The second-order valence-corrected chi connectivity index (χ2v) is 4.89. The highest BCUT2D eigenvalue weighted by Crippen LogP contribution is 2.22. The van der Waals surface area contributed by atoms with Crippen LogP contribution in [0.2, 0.25) is 5.02 Å². The molecule has 2 aromatic rings. The molecule has 0 unspecified atom stereocenters. The van der Waals surface area contributed by atoms with E-state index in [1.54, 1.807) is 18.2 Å². The van der Waals surface area contributed by atoms with Gasteiger partial charge in [0.15, 0.2) is 6.61 Å². The molecule has 1 N–H and O–H groups in total. The number of hydrogen-bond donors (Lipinski definition) is 1. The Labute approximate surface area is 137 Å². The highest BCUT2D eigenvalue weighted by molar-refractivity contribution is 6.33. The van der Waals surface area contributed by atoms with Gasteiger partial charge in [-0.25, -0.2) is 9.18 Å². The Bertz CT molecular complexity index is 736. The van der Waals surface area contributed by atoms with Crippen molar-refractivity contribution in [3.63, 3.8) is 0 Å². The Morgan fingerprint density at radius 1 is 1.22 bits per heavy atom. The maximum Gasteiger partial charge on any atom is 0.338 e. The molecule has 0 saturated carbocycles. The van der Waals surface area contributed by atoms with Gasteiger partial charge in [0, 0.05) is 0 Å². The van der Waals surface area contributed by atoms with Crippen molar-refractivity contribution in [3.8, 4) is 5.75 Å². The van der Waals surface area contributed by atoms with Gasteiger partial charge >= 0.3 is 5.97 Å². The number of rotatable bonds is 5. The summed E-state index contributed by atoms with van der Waals surface area (Å²) < 4.78 is 22.8. The van der Waals surface area contributed by atoms with Crippen molar-refractivity contribution in [2.75, 3.05) is 19.0 Å². The van der Waals surface area contributed by atoms with Crippen LogP contribution in [0.5, 0.6) is 5.75 Å². The maximum absolute atomic E-state index is 12.9. The van der Waals surface area contributed by atoms with Crippen molar-refractivity contribution in [1.82, 2.24) is 0 Å². The predicted molar refractivity (Wildman–Crippen MR) is 83.3 cm³/mol. The summed E-state index contributed by atoms with van der Waals surface area (Å²) in [5, 5.41) is 2.48. The molecule has 0 bridgehead atoms. The summed E-state index contributed by atoms with van der Waals surface area (Å²) in [6.07, 6.45) is 0. The first-order valence-corrected chi connectivity index (χ1v) is 6.93. The van der Waals surface area contributed by atoms with E-state index in [9.17, 15) is 14.0 Å². The Hall–Kier alpha value is -2.60. The average Bonchev–Trinajstić information content (AvgIpc) is 2.55. The van der Waals surface area contributed by atoms with Crippen LogP contribution in [0, 0.1) is 5.82 Å². The van der Waals surface area contributed by atoms with E-state index in [1.165, 1.54) is 19.2 Å². The monoisotopic (exact) mass is 337 g/mol. The molecule has 0 aromatic heterocycles. The van der Waals surface area contributed by atoms with Gasteiger partial charge in [-0.3, -0.25) is 4.79 Å². The fourth-order valence-electron chi connectivity index (χ4n) is 1.74. The largest absolute Gasteiger partial charge is 0.497 e. The first kappa shape index (κ1) is 16.8. The van der Waals surface area contributed by atoms with Crippen molar-refractivity contribution in [1.29, 1.82) is 0 Å². The SMILES string of the molecule is COc1cccc(C(=O)OCC(=O)Nc2ccc(F)cc2Cl)c1. The van der Waals surface area contributed by atoms with Crippen molar-refractivity contribution in [2.45, 2.75) is 0 Å². The molecule has 0 radical (unpaired) electrons. The zero-order chi connectivity index (χ0) is 16.8. The molecule has 0 aliphatic carbocycles. The number of carbonyl (C=O) groups excluding carboxylic acids is 2. The summed E-state index contributed by atoms with van der Waals surface area (Å²) in [7, 11) is 1.48. The molecule has 1 amide bonds. The van der Waals surface area contributed by atoms with Crippen LogP contribution in [0.25, 0.3) is 0 Å². The van der Waals surface area contributed by atoms with E-state index in [2.05, 4.69) is 5.32 Å². The van der Waals surface area contributed by atoms with E-state index in [4.69, 9.17) is 21.1 Å². The molecule has 7 heteroatoms. The molecule has 0 fully saturated rings. The van der Waals surface area contributed by atoms with Crippen LogP contribution in [0.15, 0.2) is 42.5 Å². The lowest BCUT2D eigenvalue weighted by molar-refractivity contribution is -0.119. The lowest BCUT2D eigenvalue weighted by atomic mass is 10.2. The molecule has 0 spiro atoms. The van der Waals surface area contributed by atoms with Gasteiger partial charge in [0.05, 0.1) is 23.4 Å². The standard InChI is InChI=1S/C16H13ClFNO4/c1-22-12-4-2-3-10(7-12)16(21)23-9-15(20)19-14-6-5-11(18)8-13(14)17/h2-8H,9H2,1H3,(H,19,20). The maximum atomic E-state index is 12.9. The Balaban J connectivity index is 1.92. The molecular weight excluding hydrogens is 325 g/mol. The fraction of sp³-hybridized carbons (Fsp3) is 0.125. The van der Waals surface area contributed by atoms with Crippen LogP contribution in [-0.2, 0) is 9.53 Å². The van der Waals surface area contributed by atoms with Crippen molar-refractivity contribution >= 4 is 29.2 Å². The molecule has 0 aliphatic rings. The molecule has 0 aliphatic heterocycles. The number of nitrogens with one attached hydrogen (secondary N) is 1. The predicted octanol–water partition coefficient (Wildman–Crippen LogP) is 3.28. The Morgan fingerprint density at radius 3 is 2.70 bits per heavy atom. The van der Waals surface area contributed by atoms with E-state index >= 15 is 0 Å². The number of benzene rings is 2. The molecule has 2 aromatic carbocycles. The van der Waals surface area contributed by atoms with Gasteiger partial charge in [0.1, 0.15) is 11.6 Å². The number of methoxy groups -OCH3 is 1. The summed E-state index contributed by atoms with van der Waals surface area (Å²) in [6.45, 7) is -0.496. The van der Waals surface area contributed by atoms with Gasteiger partial charge in [-0.05, 0) is 36.4 Å². The number of hydrogen-bond acceptors (Lipinski definition) is 4. The van der Waals surface area contributed by atoms with Gasteiger partial charge in [0.2, 0.25) is 0 Å². The van der Waals surface area contributed by atoms with E-state index < -0.39 is 24.3 Å². The van der Waals surface area contributed by atoms with Gasteiger partial charge < -0.3 is 14.8 Å². The second-order valence-electron chi connectivity index (χ2n) is 4.48. The van der Waals surface area contributed by atoms with Crippen LogP contribution in [-0.4, -0.2) is 25.6 Å². The molecule has 120 valence electrons. The number of amides is 1. The fourth-order valence-corrected chi connectivity index (χ4v) is 1.96. The third kappa shape index (κ3) is 4.69. The summed E-state index contributed by atoms with van der Waals surface area (Å²) >= 11 is 5.79. The number of halogens is 2. The molecule has 2 rings (SSSR count). The second kappa shape index (κ2) is 7.60. The van der Waals surface area contributed by atoms with Crippen LogP contribution in [0.4, 0.5) is 10.1 Å². The minimum atomic E-state index is -0.663. The highest BCUT2D eigenvalue weighted by Gasteiger charge is 2.12. The smallest absolute Gasteiger partial charge is 0.338 e. The van der Waals surface area contributed by atoms with Crippen LogP contribution >= 0.6 is 11.6 Å². The highest BCUT2D eigenvalue weighted by atomic mass is 35.5. The summed E-state index contributed by atoms with van der Waals surface area (Å²) in [5.74, 6) is -1.27. The zero-order valence-corrected chi connectivity index (χ0v) is 12.9. The minimum absolute atomic E-state index is 0.0532. The Kier molecular flexibility index (Phi) is 5.54. The van der Waals surface area contributed by atoms with Gasteiger partial charge in [-0.15, -0.1) is 0 Å². The van der Waals surface area contributed by atoms with Gasteiger partial charge in [-0.1, -0.05) is 17.7 Å². The molecule has 0 atom stereocenters. The van der Waals surface area contributed by atoms with Gasteiger partial charge in [0.25, 0.3) is 5.91 Å². The normalized spacial score (nSPS) is 10.0. The molecule has 23 heavy (non-hydrogen) atoms. The topological polar surface area (TPSA) is 64.6 Å². The molecule has 0 heterocycles. The number of ether oxygens (including phenoxy) is 2. The van der Waals surface area contributed by atoms with Crippen LogP contribution < -0.4 is 10.1 Å². The zero-order valence-electron chi connectivity index (χ0n) is 12.1. The third-order valence-corrected chi connectivity index (χ3v) is 3.16. The van der Waals surface area contributed by atoms with Gasteiger partial charge in [-0.2, -0.15) is 0 Å². The summed E-state index contributed by atoms with van der Waals surface area (Å²) in [4.78, 5) is 23.6. The number of carbonyl (C=O) groups is 2. The summed E-state index contributed by atoms with van der Waals surface area (Å²) in [5.41, 5.74) is 0.493.